The van der Waals surface area contributed by atoms with Crippen LogP contribution >= 0.6 is 15.9 Å². The van der Waals surface area contributed by atoms with Crippen molar-refractivity contribution >= 4 is 45.1 Å². The van der Waals surface area contributed by atoms with Gasteiger partial charge in [-0.15, -0.1) is 0 Å². The minimum absolute atomic E-state index is 0.0531. The summed E-state index contributed by atoms with van der Waals surface area (Å²) >= 11 is 3.45. The van der Waals surface area contributed by atoms with Gasteiger partial charge in [-0.05, 0) is 61.4 Å². The number of nitrogens with one attached hydrogen (secondary N) is 1. The van der Waals surface area contributed by atoms with Crippen LogP contribution < -0.4 is 15.0 Å². The third-order valence-corrected chi connectivity index (χ3v) is 5.82. The maximum absolute atomic E-state index is 12.4. The molecular weight excluding hydrogens is 452 g/mol. The highest BCUT2D eigenvalue weighted by atomic mass is 79.9. The first-order valence-corrected chi connectivity index (χ1v) is 10.3. The van der Waals surface area contributed by atoms with E-state index in [9.17, 15) is 14.4 Å². The third kappa shape index (κ3) is 4.99. The van der Waals surface area contributed by atoms with E-state index in [1.807, 2.05) is 26.0 Å². The molecule has 1 heterocycles. The van der Waals surface area contributed by atoms with Crippen LogP contribution in [0.2, 0.25) is 0 Å². The molecule has 0 unspecified atom stereocenters. The van der Waals surface area contributed by atoms with E-state index in [-0.39, 0.29) is 18.9 Å². The number of aryl methyl sites for hydroxylation is 2. The van der Waals surface area contributed by atoms with E-state index in [0.717, 1.165) is 15.6 Å². The Morgan fingerprint density at radius 1 is 1.17 bits per heavy atom. The van der Waals surface area contributed by atoms with Gasteiger partial charge in [0.1, 0.15) is 5.75 Å². The molecule has 0 spiro atoms. The number of anilines is 2. The lowest BCUT2D eigenvalue weighted by Gasteiger charge is -2.17. The summed E-state index contributed by atoms with van der Waals surface area (Å²) in [4.78, 5) is 38.5. The summed E-state index contributed by atoms with van der Waals surface area (Å²) in [6, 6.07) is 10.8. The van der Waals surface area contributed by atoms with E-state index in [2.05, 4.69) is 21.2 Å². The highest BCUT2D eigenvalue weighted by Crippen LogP contribution is 2.28. The largest absolute Gasteiger partial charge is 0.497 e. The number of benzene rings is 2. The molecule has 1 aliphatic heterocycles. The molecular formula is C22H23BrN2O5. The molecule has 2 aromatic rings. The molecule has 2 aromatic carbocycles. The summed E-state index contributed by atoms with van der Waals surface area (Å²) in [7, 11) is 1.57. The predicted molar refractivity (Wildman–Crippen MR) is 117 cm³/mol. The van der Waals surface area contributed by atoms with Gasteiger partial charge in [0, 0.05) is 28.8 Å². The van der Waals surface area contributed by atoms with Gasteiger partial charge in [-0.2, -0.15) is 0 Å². The molecule has 1 saturated heterocycles. The highest BCUT2D eigenvalue weighted by molar-refractivity contribution is 9.10. The molecule has 0 radical (unpaired) electrons. The van der Waals surface area contributed by atoms with Gasteiger partial charge in [-0.25, -0.2) is 0 Å². The van der Waals surface area contributed by atoms with Crippen molar-refractivity contribution in [1.82, 2.24) is 0 Å². The van der Waals surface area contributed by atoms with Crippen LogP contribution in [0.3, 0.4) is 0 Å². The quantitative estimate of drug-likeness (QED) is 0.646. The summed E-state index contributed by atoms with van der Waals surface area (Å²) in [6.07, 6.45) is 0.0531. The Hall–Kier alpha value is -2.87. The van der Waals surface area contributed by atoms with Crippen molar-refractivity contribution in [2.75, 3.05) is 30.5 Å². The molecule has 0 aliphatic carbocycles. The van der Waals surface area contributed by atoms with Gasteiger partial charge in [0.2, 0.25) is 5.91 Å². The maximum atomic E-state index is 12.4. The Labute approximate surface area is 183 Å². The monoisotopic (exact) mass is 474 g/mol. The Bertz CT molecular complexity index is 974. The number of hydrogen-bond acceptors (Lipinski definition) is 5. The van der Waals surface area contributed by atoms with Crippen LogP contribution in [0, 0.1) is 19.8 Å². The van der Waals surface area contributed by atoms with Crippen LogP contribution in [0.25, 0.3) is 0 Å². The number of esters is 1. The third-order valence-electron chi connectivity index (χ3n) is 4.97. The van der Waals surface area contributed by atoms with Crippen molar-refractivity contribution in [2.24, 2.45) is 5.92 Å². The number of rotatable bonds is 6. The van der Waals surface area contributed by atoms with Gasteiger partial charge >= 0.3 is 5.97 Å². The zero-order chi connectivity index (χ0) is 21.8. The molecule has 7 nitrogen and oxygen atoms in total. The number of ether oxygens (including phenoxy) is 2. The van der Waals surface area contributed by atoms with Crippen LogP contribution in [0.5, 0.6) is 5.75 Å². The summed E-state index contributed by atoms with van der Waals surface area (Å²) in [6.45, 7) is 3.62. The number of methoxy groups -OCH3 is 1. The zero-order valence-corrected chi connectivity index (χ0v) is 18.6. The van der Waals surface area contributed by atoms with E-state index in [1.54, 1.807) is 36.3 Å². The Kier molecular flexibility index (Phi) is 6.77. The smallest absolute Gasteiger partial charge is 0.311 e. The first kappa shape index (κ1) is 21.8. The second-order valence-electron chi connectivity index (χ2n) is 7.18. The predicted octanol–water partition coefficient (Wildman–Crippen LogP) is 3.61. The Morgan fingerprint density at radius 2 is 1.87 bits per heavy atom. The van der Waals surface area contributed by atoms with Gasteiger partial charge in [0.15, 0.2) is 6.61 Å². The molecule has 3 rings (SSSR count). The SMILES string of the molecule is COc1ccc(N2C[C@H](C(=O)OCC(=O)Nc3cc(C)c(Br)cc3C)CC2=O)cc1. The molecule has 8 heteroatoms. The van der Waals surface area contributed by atoms with E-state index in [0.29, 0.717) is 17.1 Å². The lowest BCUT2D eigenvalue weighted by molar-refractivity contribution is -0.151. The average molecular weight is 475 g/mol. The molecule has 2 amide bonds. The highest BCUT2D eigenvalue weighted by Gasteiger charge is 2.36. The van der Waals surface area contributed by atoms with Crippen molar-refractivity contribution in [3.63, 3.8) is 0 Å². The number of nitrogens with zero attached hydrogens (tertiary/aromatic N) is 1. The molecule has 1 fully saturated rings. The fourth-order valence-corrected chi connectivity index (χ4v) is 3.69. The summed E-state index contributed by atoms with van der Waals surface area (Å²) < 4.78 is 11.2. The normalized spacial score (nSPS) is 15.8. The molecule has 1 atom stereocenters. The summed E-state index contributed by atoms with van der Waals surface area (Å²) in [5.74, 6) is -1.07. The fourth-order valence-electron chi connectivity index (χ4n) is 3.23. The van der Waals surface area contributed by atoms with E-state index in [1.165, 1.54) is 0 Å². The maximum Gasteiger partial charge on any atom is 0.311 e. The number of amides is 2. The van der Waals surface area contributed by atoms with Crippen molar-refractivity contribution in [1.29, 1.82) is 0 Å². The van der Waals surface area contributed by atoms with Crippen LogP contribution in [-0.2, 0) is 19.1 Å². The van der Waals surface area contributed by atoms with Crippen molar-refractivity contribution in [3.05, 3.63) is 52.0 Å². The van der Waals surface area contributed by atoms with Gasteiger partial charge in [-0.3, -0.25) is 14.4 Å². The number of hydrogen-bond donors (Lipinski definition) is 1. The van der Waals surface area contributed by atoms with Crippen molar-refractivity contribution in [2.45, 2.75) is 20.3 Å². The first-order valence-electron chi connectivity index (χ1n) is 9.46. The molecule has 158 valence electrons. The zero-order valence-electron chi connectivity index (χ0n) is 17.0. The average Bonchev–Trinajstić information content (AvgIpc) is 3.12. The Morgan fingerprint density at radius 3 is 2.53 bits per heavy atom. The molecule has 0 aromatic heterocycles. The molecule has 0 bridgehead atoms. The number of carbonyl (C=O) groups excluding carboxylic acids is 3. The minimum atomic E-state index is -0.607. The van der Waals surface area contributed by atoms with Crippen LogP contribution in [0.15, 0.2) is 40.9 Å². The lowest BCUT2D eigenvalue weighted by atomic mass is 10.1. The van der Waals surface area contributed by atoms with Gasteiger partial charge in [0.05, 0.1) is 13.0 Å². The van der Waals surface area contributed by atoms with Crippen molar-refractivity contribution < 1.29 is 23.9 Å². The van der Waals surface area contributed by atoms with Gasteiger partial charge < -0.3 is 19.7 Å². The lowest BCUT2D eigenvalue weighted by Crippen LogP contribution is -2.28. The van der Waals surface area contributed by atoms with Crippen LogP contribution in [0.4, 0.5) is 11.4 Å². The summed E-state index contributed by atoms with van der Waals surface area (Å²) in [5, 5.41) is 2.75. The second kappa shape index (κ2) is 9.30. The molecule has 30 heavy (non-hydrogen) atoms. The number of halogens is 1. The van der Waals surface area contributed by atoms with E-state index < -0.39 is 24.4 Å². The van der Waals surface area contributed by atoms with E-state index >= 15 is 0 Å². The fraction of sp³-hybridized carbons (Fsp3) is 0.318. The molecule has 1 N–H and O–H groups in total. The van der Waals surface area contributed by atoms with Gasteiger partial charge in [0.25, 0.3) is 5.91 Å². The Balaban J connectivity index is 1.54. The van der Waals surface area contributed by atoms with Crippen LogP contribution in [-0.4, -0.2) is 38.0 Å². The number of carbonyl (C=O) groups is 3. The second-order valence-corrected chi connectivity index (χ2v) is 8.03. The van der Waals surface area contributed by atoms with Gasteiger partial charge in [-0.1, -0.05) is 15.9 Å². The van der Waals surface area contributed by atoms with Crippen LogP contribution in [0.1, 0.15) is 17.5 Å². The topological polar surface area (TPSA) is 84.9 Å². The first-order chi connectivity index (χ1) is 14.3. The van der Waals surface area contributed by atoms with E-state index in [4.69, 9.17) is 9.47 Å². The molecule has 0 saturated carbocycles. The summed E-state index contributed by atoms with van der Waals surface area (Å²) in [5.41, 5.74) is 3.23. The standard InChI is InChI=1S/C22H23BrN2O5/c1-13-9-19(14(2)8-18(13)23)24-20(26)12-30-22(28)15-10-21(27)25(11-15)16-4-6-17(29-3)7-5-16/h4-9,15H,10-12H2,1-3H3,(H,24,26)/t15-/m1/s1. The molecule has 1 aliphatic rings. The minimum Gasteiger partial charge on any atom is -0.497 e. The van der Waals surface area contributed by atoms with Crippen molar-refractivity contribution in [3.8, 4) is 5.75 Å².